The molecule has 3 rings (SSSR count). The molecule has 0 saturated carbocycles. The standard InChI is InChI=1S/C21H24N4O2/c1-15(2)13-27-18-10-8-17(9-11-18)16(3)23-24-21(26)12-25-14-22-19-6-4-5-7-20(19)25/h4-11,14-15H,12-13H2,1-3H3,(H,24,26)/b23-16-. The van der Waals surface area contributed by atoms with Crippen molar-refractivity contribution in [3.05, 3.63) is 60.4 Å². The van der Waals surface area contributed by atoms with Crippen molar-refractivity contribution in [3.63, 3.8) is 0 Å². The normalized spacial score (nSPS) is 11.8. The topological polar surface area (TPSA) is 68.5 Å². The van der Waals surface area contributed by atoms with E-state index in [2.05, 4.69) is 29.4 Å². The van der Waals surface area contributed by atoms with Gasteiger partial charge in [-0.15, -0.1) is 0 Å². The zero-order valence-electron chi connectivity index (χ0n) is 15.8. The van der Waals surface area contributed by atoms with Gasteiger partial charge in [0.2, 0.25) is 0 Å². The number of imidazole rings is 1. The Hall–Kier alpha value is -3.15. The van der Waals surface area contributed by atoms with Crippen LogP contribution in [0.4, 0.5) is 0 Å². The van der Waals surface area contributed by atoms with Crippen molar-refractivity contribution in [2.75, 3.05) is 6.61 Å². The molecule has 140 valence electrons. The zero-order valence-corrected chi connectivity index (χ0v) is 15.8. The van der Waals surface area contributed by atoms with E-state index in [0.717, 1.165) is 28.1 Å². The minimum Gasteiger partial charge on any atom is -0.493 e. The predicted octanol–water partition coefficient (Wildman–Crippen LogP) is 3.61. The Balaban J connectivity index is 1.58. The molecule has 3 aromatic rings. The van der Waals surface area contributed by atoms with Gasteiger partial charge in [0.15, 0.2) is 0 Å². The molecule has 0 fully saturated rings. The first-order valence-electron chi connectivity index (χ1n) is 8.99. The number of amides is 1. The van der Waals surface area contributed by atoms with Gasteiger partial charge in [-0.1, -0.05) is 26.0 Å². The summed E-state index contributed by atoms with van der Waals surface area (Å²) in [5.41, 5.74) is 6.06. The molecule has 0 aliphatic heterocycles. The number of para-hydroxylation sites is 2. The van der Waals surface area contributed by atoms with E-state index < -0.39 is 0 Å². The van der Waals surface area contributed by atoms with E-state index in [0.29, 0.717) is 12.5 Å². The Labute approximate surface area is 158 Å². The molecule has 0 aliphatic rings. The molecule has 27 heavy (non-hydrogen) atoms. The molecule has 1 heterocycles. The van der Waals surface area contributed by atoms with Crippen LogP contribution >= 0.6 is 0 Å². The average Bonchev–Trinajstić information content (AvgIpc) is 3.08. The fraction of sp³-hybridized carbons (Fsp3) is 0.286. The number of carbonyl (C=O) groups is 1. The lowest BCUT2D eigenvalue weighted by atomic mass is 10.1. The number of ether oxygens (including phenoxy) is 1. The third-order valence-electron chi connectivity index (χ3n) is 4.05. The molecule has 0 radical (unpaired) electrons. The molecule has 1 N–H and O–H groups in total. The summed E-state index contributed by atoms with van der Waals surface area (Å²) in [6.07, 6.45) is 1.66. The Bertz CT molecular complexity index is 942. The van der Waals surface area contributed by atoms with Gasteiger partial charge in [0.05, 0.1) is 29.7 Å². The number of hydrogen-bond donors (Lipinski definition) is 1. The number of aromatic nitrogens is 2. The lowest BCUT2D eigenvalue weighted by molar-refractivity contribution is -0.121. The first-order chi connectivity index (χ1) is 13.0. The van der Waals surface area contributed by atoms with E-state index in [1.165, 1.54) is 0 Å². The van der Waals surface area contributed by atoms with E-state index in [4.69, 9.17) is 4.74 Å². The SMILES string of the molecule is C/C(=N/NC(=O)Cn1cnc2ccccc21)c1ccc(OCC(C)C)cc1. The van der Waals surface area contributed by atoms with E-state index in [9.17, 15) is 4.79 Å². The van der Waals surface area contributed by atoms with Crippen LogP contribution in [-0.2, 0) is 11.3 Å². The maximum absolute atomic E-state index is 12.2. The summed E-state index contributed by atoms with van der Waals surface area (Å²) in [4.78, 5) is 16.5. The third kappa shape index (κ3) is 4.94. The monoisotopic (exact) mass is 364 g/mol. The highest BCUT2D eigenvalue weighted by molar-refractivity contribution is 5.99. The van der Waals surface area contributed by atoms with Gasteiger partial charge in [-0.05, 0) is 54.8 Å². The highest BCUT2D eigenvalue weighted by Gasteiger charge is 2.07. The molecule has 2 aromatic carbocycles. The van der Waals surface area contributed by atoms with E-state index in [1.54, 1.807) is 10.9 Å². The van der Waals surface area contributed by atoms with Crippen LogP contribution in [0.1, 0.15) is 26.3 Å². The van der Waals surface area contributed by atoms with Gasteiger partial charge in [-0.3, -0.25) is 4.79 Å². The summed E-state index contributed by atoms with van der Waals surface area (Å²) in [6, 6.07) is 15.4. The highest BCUT2D eigenvalue weighted by atomic mass is 16.5. The average molecular weight is 364 g/mol. The van der Waals surface area contributed by atoms with Crippen molar-refractivity contribution >= 4 is 22.7 Å². The Morgan fingerprint density at radius 2 is 1.93 bits per heavy atom. The van der Waals surface area contributed by atoms with Crippen LogP contribution in [0.15, 0.2) is 60.0 Å². The van der Waals surface area contributed by atoms with Gasteiger partial charge in [0, 0.05) is 0 Å². The van der Waals surface area contributed by atoms with Crippen LogP contribution in [0.2, 0.25) is 0 Å². The van der Waals surface area contributed by atoms with Crippen LogP contribution in [0.5, 0.6) is 5.75 Å². The summed E-state index contributed by atoms with van der Waals surface area (Å²) < 4.78 is 7.48. The minimum absolute atomic E-state index is 0.166. The second-order valence-electron chi connectivity index (χ2n) is 6.82. The van der Waals surface area contributed by atoms with Gasteiger partial charge < -0.3 is 9.30 Å². The second kappa shape index (κ2) is 8.49. The van der Waals surface area contributed by atoms with E-state index in [1.807, 2.05) is 55.5 Å². The molecule has 6 nitrogen and oxygen atoms in total. The third-order valence-corrected chi connectivity index (χ3v) is 4.05. The first-order valence-corrected chi connectivity index (χ1v) is 8.99. The summed E-state index contributed by atoms with van der Waals surface area (Å²) in [6.45, 7) is 6.93. The molecular formula is C21H24N4O2. The predicted molar refractivity (Wildman–Crippen MR) is 107 cm³/mol. The number of nitrogens with one attached hydrogen (secondary N) is 1. The number of hydrogen-bond acceptors (Lipinski definition) is 4. The lowest BCUT2D eigenvalue weighted by Crippen LogP contribution is -2.24. The van der Waals surface area contributed by atoms with Crippen LogP contribution in [0.25, 0.3) is 11.0 Å². The van der Waals surface area contributed by atoms with Gasteiger partial charge in [-0.25, -0.2) is 10.4 Å². The fourth-order valence-corrected chi connectivity index (χ4v) is 2.59. The molecule has 1 amide bonds. The van der Waals surface area contributed by atoms with Crippen molar-refractivity contribution in [2.45, 2.75) is 27.3 Å². The van der Waals surface area contributed by atoms with E-state index >= 15 is 0 Å². The summed E-state index contributed by atoms with van der Waals surface area (Å²) in [5.74, 6) is 1.11. The second-order valence-corrected chi connectivity index (χ2v) is 6.82. The molecule has 0 bridgehead atoms. The highest BCUT2D eigenvalue weighted by Crippen LogP contribution is 2.14. The van der Waals surface area contributed by atoms with Gasteiger partial charge in [0.1, 0.15) is 12.3 Å². The Morgan fingerprint density at radius 3 is 2.67 bits per heavy atom. The van der Waals surface area contributed by atoms with Crippen molar-refractivity contribution in [1.29, 1.82) is 0 Å². The van der Waals surface area contributed by atoms with Crippen molar-refractivity contribution in [3.8, 4) is 5.75 Å². The quantitative estimate of drug-likeness (QED) is 0.514. The first kappa shape index (κ1) is 18.6. The van der Waals surface area contributed by atoms with Crippen molar-refractivity contribution in [2.24, 2.45) is 11.0 Å². The smallest absolute Gasteiger partial charge is 0.260 e. The number of benzene rings is 2. The maximum Gasteiger partial charge on any atom is 0.260 e. The Kier molecular flexibility index (Phi) is 5.86. The largest absolute Gasteiger partial charge is 0.493 e. The van der Waals surface area contributed by atoms with Crippen LogP contribution < -0.4 is 10.2 Å². The van der Waals surface area contributed by atoms with E-state index in [-0.39, 0.29) is 12.5 Å². The Morgan fingerprint density at radius 1 is 1.19 bits per heavy atom. The molecule has 0 spiro atoms. The molecule has 0 unspecified atom stereocenters. The number of carbonyl (C=O) groups excluding carboxylic acids is 1. The number of hydrazone groups is 1. The lowest BCUT2D eigenvalue weighted by Gasteiger charge is -2.09. The van der Waals surface area contributed by atoms with Crippen LogP contribution in [-0.4, -0.2) is 27.8 Å². The van der Waals surface area contributed by atoms with Gasteiger partial charge in [0.25, 0.3) is 5.91 Å². The summed E-state index contributed by atoms with van der Waals surface area (Å²) in [5, 5.41) is 4.20. The van der Waals surface area contributed by atoms with Crippen molar-refractivity contribution < 1.29 is 9.53 Å². The van der Waals surface area contributed by atoms with Crippen molar-refractivity contribution in [1.82, 2.24) is 15.0 Å². The minimum atomic E-state index is -0.200. The number of fused-ring (bicyclic) bond motifs is 1. The maximum atomic E-state index is 12.2. The van der Waals surface area contributed by atoms with Crippen LogP contribution in [0.3, 0.4) is 0 Å². The summed E-state index contributed by atoms with van der Waals surface area (Å²) in [7, 11) is 0. The zero-order chi connectivity index (χ0) is 19.2. The number of nitrogens with zero attached hydrogens (tertiary/aromatic N) is 3. The number of rotatable bonds is 7. The van der Waals surface area contributed by atoms with Gasteiger partial charge >= 0.3 is 0 Å². The molecule has 0 aliphatic carbocycles. The van der Waals surface area contributed by atoms with Crippen LogP contribution in [0, 0.1) is 5.92 Å². The van der Waals surface area contributed by atoms with Gasteiger partial charge in [-0.2, -0.15) is 5.10 Å². The molecule has 1 aromatic heterocycles. The molecule has 0 saturated heterocycles. The fourth-order valence-electron chi connectivity index (χ4n) is 2.59. The molecule has 0 atom stereocenters. The summed E-state index contributed by atoms with van der Waals surface area (Å²) >= 11 is 0. The molecular weight excluding hydrogens is 340 g/mol. The molecule has 6 heteroatoms.